The number of nitriles is 1. The molecule has 0 radical (unpaired) electrons. The Morgan fingerprint density at radius 2 is 1.81 bits per heavy atom. The summed E-state index contributed by atoms with van der Waals surface area (Å²) < 4.78 is 0. The van der Waals surface area contributed by atoms with Crippen molar-refractivity contribution in [2.75, 3.05) is 11.9 Å². The zero-order valence-electron chi connectivity index (χ0n) is 14.7. The van der Waals surface area contributed by atoms with Crippen LogP contribution in [0.2, 0.25) is 0 Å². The van der Waals surface area contributed by atoms with Crippen molar-refractivity contribution >= 4 is 23.5 Å². The smallest absolute Gasteiger partial charge is 0.325 e. The fourth-order valence-corrected chi connectivity index (χ4v) is 3.10. The van der Waals surface area contributed by atoms with Gasteiger partial charge in [-0.15, -0.1) is 0 Å². The summed E-state index contributed by atoms with van der Waals surface area (Å²) in [6.45, 7) is 1.42. The average molecular weight is 362 g/mol. The van der Waals surface area contributed by atoms with Gasteiger partial charge in [-0.1, -0.05) is 37.3 Å². The van der Waals surface area contributed by atoms with E-state index in [9.17, 15) is 14.4 Å². The molecule has 0 saturated carbocycles. The lowest BCUT2D eigenvalue weighted by Gasteiger charge is -2.25. The molecule has 2 aromatic rings. The maximum absolute atomic E-state index is 13.0. The molecular weight excluding hydrogens is 344 g/mol. The van der Waals surface area contributed by atoms with Crippen molar-refractivity contribution in [2.24, 2.45) is 0 Å². The molecule has 1 aliphatic rings. The van der Waals surface area contributed by atoms with Gasteiger partial charge in [-0.25, -0.2) is 4.79 Å². The minimum atomic E-state index is -1.16. The summed E-state index contributed by atoms with van der Waals surface area (Å²) in [4.78, 5) is 38.6. The molecule has 1 atom stereocenters. The van der Waals surface area contributed by atoms with E-state index >= 15 is 0 Å². The Hall–Kier alpha value is -3.66. The van der Waals surface area contributed by atoms with Crippen molar-refractivity contribution < 1.29 is 14.4 Å². The van der Waals surface area contributed by atoms with Crippen LogP contribution in [-0.4, -0.2) is 29.3 Å². The highest BCUT2D eigenvalue weighted by molar-refractivity contribution is 6.10. The highest BCUT2D eigenvalue weighted by Gasteiger charge is 2.51. The third-order valence-corrected chi connectivity index (χ3v) is 4.57. The van der Waals surface area contributed by atoms with Crippen molar-refractivity contribution in [3.05, 3.63) is 65.7 Å². The number of nitrogens with one attached hydrogen (secondary N) is 2. The lowest BCUT2D eigenvalue weighted by molar-refractivity contribution is -0.134. The molecule has 27 heavy (non-hydrogen) atoms. The van der Waals surface area contributed by atoms with Crippen LogP contribution >= 0.6 is 0 Å². The Balaban J connectivity index is 1.75. The van der Waals surface area contributed by atoms with E-state index in [-0.39, 0.29) is 6.54 Å². The first kappa shape index (κ1) is 18.1. The fraction of sp³-hybridized carbons (Fsp3) is 0.200. The van der Waals surface area contributed by atoms with Crippen LogP contribution in [0.15, 0.2) is 54.6 Å². The van der Waals surface area contributed by atoms with Gasteiger partial charge in [0.2, 0.25) is 5.91 Å². The van der Waals surface area contributed by atoms with E-state index in [0.29, 0.717) is 23.2 Å². The number of hydrogen-bond acceptors (Lipinski definition) is 4. The van der Waals surface area contributed by atoms with Crippen molar-refractivity contribution in [1.29, 1.82) is 5.26 Å². The average Bonchev–Trinajstić information content (AvgIpc) is 2.94. The first-order valence-corrected chi connectivity index (χ1v) is 8.50. The summed E-state index contributed by atoms with van der Waals surface area (Å²) in [5.41, 5.74) is 0.474. The number of rotatable bonds is 5. The number of benzene rings is 2. The van der Waals surface area contributed by atoms with Gasteiger partial charge in [0.15, 0.2) is 0 Å². The largest absolute Gasteiger partial charge is 0.325 e. The molecule has 4 amide bonds. The highest BCUT2D eigenvalue weighted by Crippen LogP contribution is 2.32. The van der Waals surface area contributed by atoms with Gasteiger partial charge in [0.25, 0.3) is 5.91 Å². The molecule has 1 aliphatic heterocycles. The molecule has 0 spiro atoms. The number of hydrogen-bond donors (Lipinski definition) is 2. The molecular formula is C20H18N4O3. The lowest BCUT2D eigenvalue weighted by atomic mass is 9.87. The predicted molar refractivity (Wildman–Crippen MR) is 98.4 cm³/mol. The van der Waals surface area contributed by atoms with Crippen LogP contribution in [0.1, 0.15) is 24.5 Å². The first-order valence-electron chi connectivity index (χ1n) is 8.50. The molecule has 0 bridgehead atoms. The maximum atomic E-state index is 13.0. The van der Waals surface area contributed by atoms with E-state index in [1.165, 1.54) is 0 Å². The van der Waals surface area contributed by atoms with Crippen LogP contribution in [0, 0.1) is 11.3 Å². The second-order valence-electron chi connectivity index (χ2n) is 6.18. The van der Waals surface area contributed by atoms with Gasteiger partial charge in [-0.05, 0) is 36.2 Å². The second-order valence-corrected chi connectivity index (χ2v) is 6.18. The number of imide groups is 1. The minimum absolute atomic E-state index is 0.370. The van der Waals surface area contributed by atoms with Gasteiger partial charge in [0.1, 0.15) is 12.1 Å². The zero-order valence-corrected chi connectivity index (χ0v) is 14.7. The monoisotopic (exact) mass is 362 g/mol. The van der Waals surface area contributed by atoms with Gasteiger partial charge in [0.05, 0.1) is 11.6 Å². The normalized spacial score (nSPS) is 18.7. The van der Waals surface area contributed by atoms with Gasteiger partial charge >= 0.3 is 6.03 Å². The summed E-state index contributed by atoms with van der Waals surface area (Å²) in [7, 11) is 0. The summed E-state index contributed by atoms with van der Waals surface area (Å²) in [5, 5.41) is 14.2. The van der Waals surface area contributed by atoms with Crippen LogP contribution in [0.4, 0.5) is 10.5 Å². The van der Waals surface area contributed by atoms with Crippen LogP contribution in [0.3, 0.4) is 0 Å². The Morgan fingerprint density at radius 3 is 2.41 bits per heavy atom. The summed E-state index contributed by atoms with van der Waals surface area (Å²) >= 11 is 0. The van der Waals surface area contributed by atoms with Crippen molar-refractivity contribution in [3.63, 3.8) is 0 Å². The lowest BCUT2D eigenvalue weighted by Crippen LogP contribution is -2.44. The number of anilines is 1. The number of carbonyl (C=O) groups excluding carboxylic acids is 3. The number of urea groups is 1. The Kier molecular flexibility index (Phi) is 4.90. The number of carbonyl (C=O) groups is 3. The molecule has 0 aliphatic carbocycles. The van der Waals surface area contributed by atoms with Gasteiger partial charge in [-0.2, -0.15) is 5.26 Å². The van der Waals surface area contributed by atoms with E-state index in [1.807, 2.05) is 19.1 Å². The standard InChI is InChI=1S/C20H18N4O3/c1-2-20(15-6-4-3-5-7-15)18(26)24(19(27)23-20)13-17(25)22-16-10-8-14(12-21)9-11-16/h3-11H,2,13H2,1H3,(H,22,25)(H,23,27). The molecule has 0 aromatic heterocycles. The molecule has 2 aromatic carbocycles. The Labute approximate surface area is 156 Å². The maximum Gasteiger partial charge on any atom is 0.325 e. The van der Waals surface area contributed by atoms with E-state index in [1.54, 1.807) is 48.5 Å². The highest BCUT2D eigenvalue weighted by atomic mass is 16.2. The van der Waals surface area contributed by atoms with Crippen LogP contribution < -0.4 is 10.6 Å². The molecule has 1 unspecified atom stereocenters. The Bertz CT molecular complexity index is 918. The van der Waals surface area contributed by atoms with Crippen molar-refractivity contribution in [2.45, 2.75) is 18.9 Å². The second kappa shape index (κ2) is 7.30. The van der Waals surface area contributed by atoms with Crippen molar-refractivity contribution in [3.8, 4) is 6.07 Å². The van der Waals surface area contributed by atoms with Gasteiger partial charge in [0, 0.05) is 5.69 Å². The molecule has 1 heterocycles. The van der Waals surface area contributed by atoms with E-state index in [4.69, 9.17) is 5.26 Å². The topological polar surface area (TPSA) is 102 Å². The Morgan fingerprint density at radius 1 is 1.15 bits per heavy atom. The van der Waals surface area contributed by atoms with Crippen LogP contribution in [0.5, 0.6) is 0 Å². The van der Waals surface area contributed by atoms with Crippen LogP contribution in [0.25, 0.3) is 0 Å². The molecule has 1 fully saturated rings. The molecule has 7 heteroatoms. The summed E-state index contributed by atoms with van der Waals surface area (Å²) in [6.07, 6.45) is 0.370. The molecule has 7 nitrogen and oxygen atoms in total. The van der Waals surface area contributed by atoms with Gasteiger partial charge < -0.3 is 10.6 Å². The number of nitrogens with zero attached hydrogens (tertiary/aromatic N) is 2. The fourth-order valence-electron chi connectivity index (χ4n) is 3.10. The molecule has 3 rings (SSSR count). The van der Waals surface area contributed by atoms with Gasteiger partial charge in [-0.3, -0.25) is 14.5 Å². The quantitative estimate of drug-likeness (QED) is 0.797. The van der Waals surface area contributed by atoms with E-state index in [0.717, 1.165) is 4.90 Å². The summed E-state index contributed by atoms with van der Waals surface area (Å²) in [5.74, 6) is -0.945. The molecule has 1 saturated heterocycles. The predicted octanol–water partition coefficient (Wildman–Crippen LogP) is 2.35. The first-order chi connectivity index (χ1) is 13.0. The zero-order chi connectivity index (χ0) is 19.4. The minimum Gasteiger partial charge on any atom is -0.325 e. The van der Waals surface area contributed by atoms with Crippen LogP contribution in [-0.2, 0) is 15.1 Å². The number of amides is 4. The van der Waals surface area contributed by atoms with E-state index in [2.05, 4.69) is 10.6 Å². The third kappa shape index (κ3) is 3.37. The third-order valence-electron chi connectivity index (χ3n) is 4.57. The van der Waals surface area contributed by atoms with Crippen molar-refractivity contribution in [1.82, 2.24) is 10.2 Å². The SMILES string of the molecule is CCC1(c2ccccc2)NC(=O)N(CC(=O)Nc2ccc(C#N)cc2)C1=O. The summed E-state index contributed by atoms with van der Waals surface area (Å²) in [6, 6.07) is 16.7. The molecule has 136 valence electrons. The van der Waals surface area contributed by atoms with E-state index < -0.39 is 23.4 Å². The molecule has 2 N–H and O–H groups in total.